The van der Waals surface area contributed by atoms with E-state index in [1.807, 2.05) is 12.3 Å². The minimum Gasteiger partial charge on any atom is -0.349 e. The molecule has 1 fully saturated rings. The van der Waals surface area contributed by atoms with E-state index in [1.54, 1.807) is 11.9 Å². The Bertz CT molecular complexity index is 1350. The zero-order valence-corrected chi connectivity index (χ0v) is 21.5. The average molecular weight is 539 g/mol. The lowest BCUT2D eigenvalue weighted by Gasteiger charge is -2.40. The van der Waals surface area contributed by atoms with Gasteiger partial charge in [-0.15, -0.1) is 0 Å². The van der Waals surface area contributed by atoms with Gasteiger partial charge in [0.2, 0.25) is 6.41 Å². The van der Waals surface area contributed by atoms with Gasteiger partial charge in [0.25, 0.3) is 5.91 Å². The van der Waals surface area contributed by atoms with Crippen molar-refractivity contribution in [2.24, 2.45) is 0 Å². The second kappa shape index (κ2) is 12.3. The van der Waals surface area contributed by atoms with Crippen LogP contribution < -0.4 is 4.72 Å². The molecule has 4 aromatic rings. The van der Waals surface area contributed by atoms with Crippen LogP contribution in [0, 0.1) is 18.6 Å². The maximum atomic E-state index is 13.1. The summed E-state index contributed by atoms with van der Waals surface area (Å²) < 4.78 is 29.6. The van der Waals surface area contributed by atoms with Gasteiger partial charge in [-0.25, -0.2) is 13.7 Å². The van der Waals surface area contributed by atoms with E-state index in [1.165, 1.54) is 20.7 Å². The van der Waals surface area contributed by atoms with Crippen LogP contribution in [0.2, 0.25) is 0 Å². The van der Waals surface area contributed by atoms with Crippen molar-refractivity contribution in [1.29, 1.82) is 0 Å². The topological polar surface area (TPSA) is 88.9 Å². The number of carbonyl (C=O) groups excluding carboxylic acids is 1. The molecule has 0 spiro atoms. The SMILES string of the molecule is Cc1ccc(NSc2cccc3cccnc23)cc1.O=CN1CCN(C(O)(O)c2cc(F)cc(F)c2)CC1. The molecule has 7 nitrogen and oxygen atoms in total. The highest BCUT2D eigenvalue weighted by atomic mass is 32.2. The van der Waals surface area contributed by atoms with Crippen LogP contribution in [-0.2, 0) is 10.7 Å². The summed E-state index contributed by atoms with van der Waals surface area (Å²) in [7, 11) is 0. The highest BCUT2D eigenvalue weighted by molar-refractivity contribution is 8.00. The molecule has 3 aromatic carbocycles. The predicted molar refractivity (Wildman–Crippen MR) is 144 cm³/mol. The molecule has 0 atom stereocenters. The fraction of sp³-hybridized carbons (Fsp3) is 0.214. The van der Waals surface area contributed by atoms with Crippen molar-refractivity contribution in [3.63, 3.8) is 0 Å². The number of carbonyl (C=O) groups is 1. The van der Waals surface area contributed by atoms with Gasteiger partial charge < -0.3 is 19.8 Å². The number of hydrogen-bond donors (Lipinski definition) is 3. The average Bonchev–Trinajstić information content (AvgIpc) is 2.92. The Kier molecular flexibility index (Phi) is 8.90. The Labute approximate surface area is 223 Å². The van der Waals surface area contributed by atoms with E-state index < -0.39 is 17.5 Å². The van der Waals surface area contributed by atoms with Crippen molar-refractivity contribution < 1.29 is 23.8 Å². The zero-order valence-electron chi connectivity index (χ0n) is 20.7. The molecule has 0 bridgehead atoms. The number of amides is 1. The Morgan fingerprint density at radius 2 is 1.61 bits per heavy atom. The van der Waals surface area contributed by atoms with Gasteiger partial charge in [-0.1, -0.05) is 35.9 Å². The van der Waals surface area contributed by atoms with Gasteiger partial charge >= 0.3 is 0 Å². The third-order valence-corrected chi connectivity index (χ3v) is 6.97. The molecule has 38 heavy (non-hydrogen) atoms. The van der Waals surface area contributed by atoms with E-state index in [9.17, 15) is 23.8 Å². The molecule has 0 aliphatic carbocycles. The number of piperazine rings is 1. The minimum atomic E-state index is -2.46. The second-order valence-electron chi connectivity index (χ2n) is 8.82. The van der Waals surface area contributed by atoms with E-state index >= 15 is 0 Å². The first-order valence-corrected chi connectivity index (χ1v) is 12.8. The molecule has 1 aliphatic heterocycles. The van der Waals surface area contributed by atoms with E-state index in [-0.39, 0.29) is 18.7 Å². The van der Waals surface area contributed by atoms with Gasteiger partial charge in [-0.2, -0.15) is 0 Å². The number of fused-ring (bicyclic) bond motifs is 1. The number of hydrogen-bond acceptors (Lipinski definition) is 7. The van der Waals surface area contributed by atoms with E-state index in [0.29, 0.717) is 25.6 Å². The molecular formula is C28H28F2N4O3S. The number of anilines is 1. The molecule has 1 aliphatic rings. The number of para-hydroxylation sites is 1. The Hall–Kier alpha value is -3.57. The summed E-state index contributed by atoms with van der Waals surface area (Å²) in [6, 6.07) is 21.0. The first-order valence-electron chi connectivity index (χ1n) is 12.0. The number of benzene rings is 3. The van der Waals surface area contributed by atoms with E-state index in [2.05, 4.69) is 65.2 Å². The molecule has 2 heterocycles. The van der Waals surface area contributed by atoms with Crippen molar-refractivity contribution in [3.8, 4) is 0 Å². The largest absolute Gasteiger partial charge is 0.349 e. The van der Waals surface area contributed by atoms with Crippen molar-refractivity contribution in [3.05, 3.63) is 102 Å². The predicted octanol–water partition coefficient (Wildman–Crippen LogP) is 4.50. The molecular weight excluding hydrogens is 510 g/mol. The van der Waals surface area contributed by atoms with Crippen molar-refractivity contribution >= 4 is 34.9 Å². The molecule has 198 valence electrons. The summed E-state index contributed by atoms with van der Waals surface area (Å²) >= 11 is 1.60. The first kappa shape index (κ1) is 27.5. The normalized spacial score (nSPS) is 14.1. The standard InChI is InChI=1S/C16H14N2S.C12H14F2N2O3/c1-12-7-9-14(10-8-12)18-19-15-6-2-4-13-5-3-11-17-16(13)15;13-10-5-9(6-11(14)7-10)12(18,19)16-3-1-15(8-17)2-4-16/h2-11,18H,1H3;5-8,18-19H,1-4H2. The number of nitrogens with zero attached hydrogens (tertiary/aromatic N) is 3. The number of nitrogens with one attached hydrogen (secondary N) is 1. The lowest BCUT2D eigenvalue weighted by molar-refractivity contribution is -0.280. The number of halogens is 2. The van der Waals surface area contributed by atoms with Crippen LogP contribution >= 0.6 is 11.9 Å². The van der Waals surface area contributed by atoms with Crippen LogP contribution in [0.4, 0.5) is 14.5 Å². The molecule has 10 heteroatoms. The maximum absolute atomic E-state index is 13.1. The number of aromatic nitrogens is 1. The van der Waals surface area contributed by atoms with Crippen LogP contribution in [0.1, 0.15) is 11.1 Å². The monoisotopic (exact) mass is 538 g/mol. The first-order chi connectivity index (χ1) is 18.3. The highest BCUT2D eigenvalue weighted by Gasteiger charge is 2.36. The maximum Gasteiger partial charge on any atom is 0.253 e. The Morgan fingerprint density at radius 3 is 2.26 bits per heavy atom. The second-order valence-corrected chi connectivity index (χ2v) is 9.67. The number of aryl methyl sites for hydroxylation is 1. The van der Waals surface area contributed by atoms with E-state index in [4.69, 9.17) is 0 Å². The van der Waals surface area contributed by atoms with Crippen LogP contribution in [0.3, 0.4) is 0 Å². The summed E-state index contributed by atoms with van der Waals surface area (Å²) in [6.07, 6.45) is 2.51. The Morgan fingerprint density at radius 1 is 0.947 bits per heavy atom. The van der Waals surface area contributed by atoms with Crippen LogP contribution in [0.5, 0.6) is 0 Å². The molecule has 1 aromatic heterocycles. The van der Waals surface area contributed by atoms with Gasteiger partial charge in [-0.05, 0) is 55.3 Å². The molecule has 5 rings (SSSR count). The zero-order chi connectivity index (χ0) is 27.1. The van der Waals surface area contributed by atoms with Gasteiger partial charge in [0.1, 0.15) is 11.6 Å². The van der Waals surface area contributed by atoms with Crippen molar-refractivity contribution in [2.75, 3.05) is 30.9 Å². The molecule has 1 amide bonds. The molecule has 0 saturated carbocycles. The van der Waals surface area contributed by atoms with Gasteiger partial charge in [-0.3, -0.25) is 9.78 Å². The number of rotatable bonds is 6. The summed E-state index contributed by atoms with van der Waals surface area (Å²) in [6.45, 7) is 3.13. The lowest BCUT2D eigenvalue weighted by Crippen LogP contribution is -2.55. The Balaban J connectivity index is 0.000000177. The van der Waals surface area contributed by atoms with Crippen molar-refractivity contribution in [1.82, 2.24) is 14.8 Å². The summed E-state index contributed by atoms with van der Waals surface area (Å²) in [4.78, 5) is 18.9. The lowest BCUT2D eigenvalue weighted by atomic mass is 10.1. The summed E-state index contributed by atoms with van der Waals surface area (Å²) in [5.41, 5.74) is 3.13. The van der Waals surface area contributed by atoms with E-state index in [0.717, 1.165) is 28.2 Å². The third-order valence-electron chi connectivity index (χ3n) is 6.08. The number of aliphatic hydroxyl groups is 2. The van der Waals surface area contributed by atoms with Gasteiger partial charge in [0, 0.05) is 55.1 Å². The summed E-state index contributed by atoms with van der Waals surface area (Å²) in [5.74, 6) is -4.22. The third kappa shape index (κ3) is 6.84. The van der Waals surface area contributed by atoms with Crippen molar-refractivity contribution in [2.45, 2.75) is 17.7 Å². The quantitative estimate of drug-likeness (QED) is 0.189. The molecule has 3 N–H and O–H groups in total. The molecule has 0 unspecified atom stereocenters. The molecule has 0 radical (unpaired) electrons. The fourth-order valence-corrected chi connectivity index (χ4v) is 4.74. The smallest absolute Gasteiger partial charge is 0.253 e. The van der Waals surface area contributed by atoms with Crippen LogP contribution in [-0.4, -0.2) is 57.6 Å². The van der Waals surface area contributed by atoms with Gasteiger partial charge in [0.15, 0.2) is 0 Å². The fourth-order valence-electron chi connectivity index (χ4n) is 3.96. The van der Waals surface area contributed by atoms with Crippen LogP contribution in [0.25, 0.3) is 10.9 Å². The molecule has 1 saturated heterocycles. The van der Waals surface area contributed by atoms with Crippen LogP contribution in [0.15, 0.2) is 83.9 Å². The highest BCUT2D eigenvalue weighted by Crippen LogP contribution is 2.28. The minimum absolute atomic E-state index is 0.198. The summed E-state index contributed by atoms with van der Waals surface area (Å²) in [5, 5.41) is 21.3. The number of pyridine rings is 1. The van der Waals surface area contributed by atoms with Gasteiger partial charge in [0.05, 0.1) is 10.4 Å².